The Morgan fingerprint density at radius 1 is 1.54 bits per heavy atom. The minimum absolute atomic E-state index is 0.0833. The number of ketones is 1. The van der Waals surface area contributed by atoms with Crippen LogP contribution in [0, 0.1) is 12.8 Å². The van der Waals surface area contributed by atoms with E-state index in [4.69, 9.17) is 0 Å². The van der Waals surface area contributed by atoms with Crippen LogP contribution in [0.1, 0.15) is 41.1 Å². The fourth-order valence-electron chi connectivity index (χ4n) is 1.25. The van der Waals surface area contributed by atoms with Gasteiger partial charge in [-0.1, -0.05) is 13.8 Å². The van der Waals surface area contributed by atoms with Gasteiger partial charge in [0.15, 0.2) is 5.78 Å². The molecule has 0 N–H and O–H groups in total. The first kappa shape index (κ1) is 10.4. The average molecular weight is 197 g/mol. The largest absolute Gasteiger partial charge is 0.293 e. The van der Waals surface area contributed by atoms with Gasteiger partial charge in [0.05, 0.1) is 5.01 Å². The molecule has 0 unspecified atom stereocenters. The van der Waals surface area contributed by atoms with E-state index >= 15 is 0 Å². The minimum Gasteiger partial charge on any atom is -0.293 e. The maximum absolute atomic E-state index is 11.2. The summed E-state index contributed by atoms with van der Waals surface area (Å²) in [5.74, 6) is 0.665. The molecule has 72 valence electrons. The zero-order chi connectivity index (χ0) is 10.0. The molecule has 0 saturated heterocycles. The number of Topliss-reactive ketones (excluding diaryl/α,β-unsaturated/α-hetero) is 1. The van der Waals surface area contributed by atoms with Gasteiger partial charge in [0.1, 0.15) is 5.69 Å². The van der Waals surface area contributed by atoms with E-state index in [2.05, 4.69) is 18.8 Å². The smallest absolute Gasteiger partial charge is 0.179 e. The van der Waals surface area contributed by atoms with Crippen LogP contribution in [0.25, 0.3) is 0 Å². The molecule has 2 nitrogen and oxygen atoms in total. The van der Waals surface area contributed by atoms with Crippen molar-refractivity contribution in [3.05, 3.63) is 15.6 Å². The van der Waals surface area contributed by atoms with E-state index in [-0.39, 0.29) is 5.78 Å². The third kappa shape index (κ3) is 2.62. The van der Waals surface area contributed by atoms with Gasteiger partial charge >= 0.3 is 0 Å². The number of hydrogen-bond donors (Lipinski definition) is 0. The Morgan fingerprint density at radius 2 is 2.15 bits per heavy atom. The number of thiazole rings is 1. The highest BCUT2D eigenvalue weighted by atomic mass is 32.1. The molecule has 0 amide bonds. The molecule has 13 heavy (non-hydrogen) atoms. The molecule has 3 heteroatoms. The van der Waals surface area contributed by atoms with Crippen molar-refractivity contribution in [1.82, 2.24) is 4.98 Å². The van der Waals surface area contributed by atoms with Crippen molar-refractivity contribution < 1.29 is 4.79 Å². The van der Waals surface area contributed by atoms with Gasteiger partial charge in [0.25, 0.3) is 0 Å². The number of carbonyl (C=O) groups excluding carboxylic acids is 1. The van der Waals surface area contributed by atoms with Gasteiger partial charge in [-0.3, -0.25) is 4.79 Å². The van der Waals surface area contributed by atoms with Gasteiger partial charge in [-0.15, -0.1) is 11.3 Å². The summed E-state index contributed by atoms with van der Waals surface area (Å²) in [6, 6.07) is 0. The van der Waals surface area contributed by atoms with Crippen LogP contribution < -0.4 is 0 Å². The predicted octanol–water partition coefficient (Wildman–Crippen LogP) is 2.85. The lowest BCUT2D eigenvalue weighted by molar-refractivity contribution is 0.101. The molecule has 0 atom stereocenters. The molecule has 1 aromatic rings. The first-order chi connectivity index (χ1) is 6.00. The fourth-order valence-corrected chi connectivity index (χ4v) is 2.45. The number of aromatic nitrogens is 1. The second-order valence-electron chi connectivity index (χ2n) is 3.66. The minimum atomic E-state index is 0.0833. The molecule has 0 aromatic carbocycles. The quantitative estimate of drug-likeness (QED) is 0.697. The van der Waals surface area contributed by atoms with Gasteiger partial charge in [0.2, 0.25) is 0 Å². The lowest BCUT2D eigenvalue weighted by atomic mass is 10.1. The van der Waals surface area contributed by atoms with E-state index in [1.54, 1.807) is 18.3 Å². The third-order valence-electron chi connectivity index (χ3n) is 1.73. The Bertz CT molecular complexity index is 315. The molecule has 0 spiro atoms. The Hall–Kier alpha value is -0.700. The Labute approximate surface area is 83.0 Å². The molecule has 0 aliphatic rings. The summed E-state index contributed by atoms with van der Waals surface area (Å²) in [6.07, 6.45) is 0.959. The molecule has 1 aromatic heterocycles. The SMILES string of the molecule is CC(=O)c1nc(C)sc1CC(C)C. The van der Waals surface area contributed by atoms with Crippen molar-refractivity contribution in [1.29, 1.82) is 0 Å². The van der Waals surface area contributed by atoms with Gasteiger partial charge < -0.3 is 0 Å². The topological polar surface area (TPSA) is 30.0 Å². The number of rotatable bonds is 3. The van der Waals surface area contributed by atoms with E-state index < -0.39 is 0 Å². The first-order valence-electron chi connectivity index (χ1n) is 4.48. The highest BCUT2D eigenvalue weighted by Crippen LogP contribution is 2.21. The molecule has 0 aliphatic carbocycles. The van der Waals surface area contributed by atoms with Crippen LogP contribution in [0.3, 0.4) is 0 Å². The normalized spacial score (nSPS) is 10.8. The number of nitrogens with zero attached hydrogens (tertiary/aromatic N) is 1. The molecule has 0 fully saturated rings. The summed E-state index contributed by atoms with van der Waals surface area (Å²) >= 11 is 1.64. The summed E-state index contributed by atoms with van der Waals surface area (Å²) in [4.78, 5) is 16.6. The van der Waals surface area contributed by atoms with Crippen LogP contribution in [0.4, 0.5) is 0 Å². The van der Waals surface area contributed by atoms with Gasteiger partial charge in [-0.25, -0.2) is 4.98 Å². The van der Waals surface area contributed by atoms with Crippen molar-refractivity contribution in [2.75, 3.05) is 0 Å². The summed E-state index contributed by atoms with van der Waals surface area (Å²) in [5.41, 5.74) is 0.677. The zero-order valence-corrected chi connectivity index (χ0v) is 9.36. The maximum atomic E-state index is 11.2. The van der Waals surface area contributed by atoms with E-state index in [9.17, 15) is 4.79 Å². The van der Waals surface area contributed by atoms with Crippen LogP contribution in [-0.2, 0) is 6.42 Å². The highest BCUT2D eigenvalue weighted by molar-refractivity contribution is 7.11. The molecular formula is C10H15NOS. The molecule has 0 saturated carbocycles. The first-order valence-corrected chi connectivity index (χ1v) is 5.29. The Balaban J connectivity index is 2.97. The van der Waals surface area contributed by atoms with Gasteiger partial charge in [0, 0.05) is 11.8 Å². The van der Waals surface area contributed by atoms with Gasteiger partial charge in [-0.05, 0) is 19.3 Å². The van der Waals surface area contributed by atoms with Gasteiger partial charge in [-0.2, -0.15) is 0 Å². The number of carbonyl (C=O) groups is 1. The van der Waals surface area contributed by atoms with Crippen molar-refractivity contribution in [3.63, 3.8) is 0 Å². The Kier molecular flexibility index (Phi) is 3.20. The van der Waals surface area contributed by atoms with Crippen molar-refractivity contribution >= 4 is 17.1 Å². The monoisotopic (exact) mass is 197 g/mol. The third-order valence-corrected chi connectivity index (χ3v) is 2.72. The lowest BCUT2D eigenvalue weighted by Crippen LogP contribution is -2.00. The molecule has 1 heterocycles. The van der Waals surface area contributed by atoms with Crippen LogP contribution in [0.15, 0.2) is 0 Å². The second kappa shape index (κ2) is 4.01. The molecule has 0 aliphatic heterocycles. The maximum Gasteiger partial charge on any atom is 0.179 e. The second-order valence-corrected chi connectivity index (χ2v) is 4.95. The molecular weight excluding hydrogens is 182 g/mol. The van der Waals surface area contributed by atoms with E-state index in [1.165, 1.54) is 0 Å². The average Bonchev–Trinajstić information content (AvgIpc) is 2.29. The van der Waals surface area contributed by atoms with E-state index in [1.807, 2.05) is 6.92 Å². The lowest BCUT2D eigenvalue weighted by Gasteiger charge is -2.01. The van der Waals surface area contributed by atoms with Crippen LogP contribution >= 0.6 is 11.3 Å². The Morgan fingerprint density at radius 3 is 2.62 bits per heavy atom. The summed E-state index contributed by atoms with van der Waals surface area (Å²) < 4.78 is 0. The van der Waals surface area contributed by atoms with Crippen LogP contribution in [-0.4, -0.2) is 10.8 Å². The summed E-state index contributed by atoms with van der Waals surface area (Å²) in [7, 11) is 0. The summed E-state index contributed by atoms with van der Waals surface area (Å²) in [6.45, 7) is 7.83. The van der Waals surface area contributed by atoms with E-state index in [0.29, 0.717) is 11.6 Å². The number of aryl methyl sites for hydroxylation is 1. The van der Waals surface area contributed by atoms with E-state index in [0.717, 1.165) is 16.3 Å². The van der Waals surface area contributed by atoms with Crippen LogP contribution in [0.2, 0.25) is 0 Å². The standard InChI is InChI=1S/C10H15NOS/c1-6(2)5-9-10(7(3)12)11-8(4)13-9/h6H,5H2,1-4H3. The summed E-state index contributed by atoms with van der Waals surface area (Å²) in [5, 5.41) is 0.987. The molecule has 0 bridgehead atoms. The van der Waals surface area contributed by atoms with Crippen LogP contribution in [0.5, 0.6) is 0 Å². The highest BCUT2D eigenvalue weighted by Gasteiger charge is 2.13. The molecule has 0 radical (unpaired) electrons. The zero-order valence-electron chi connectivity index (χ0n) is 8.55. The predicted molar refractivity (Wildman–Crippen MR) is 55.4 cm³/mol. The molecule has 1 rings (SSSR count). The van der Waals surface area contributed by atoms with Crippen molar-refractivity contribution in [2.24, 2.45) is 5.92 Å². The number of hydrogen-bond acceptors (Lipinski definition) is 3. The van der Waals surface area contributed by atoms with Crippen molar-refractivity contribution in [2.45, 2.75) is 34.1 Å². The van der Waals surface area contributed by atoms with Crippen molar-refractivity contribution in [3.8, 4) is 0 Å². The fraction of sp³-hybridized carbons (Fsp3) is 0.600.